The number of aromatic nitrogens is 1. The molecule has 5 aromatic rings. The first-order valence-corrected chi connectivity index (χ1v) is 9.75. The summed E-state index contributed by atoms with van der Waals surface area (Å²) in [6.45, 7) is 2.37. The van der Waals surface area contributed by atoms with Crippen molar-refractivity contribution in [2.24, 2.45) is 0 Å². The van der Waals surface area contributed by atoms with Gasteiger partial charge in [-0.1, -0.05) is 54.1 Å². The maximum atomic E-state index is 6.33. The number of para-hydroxylation sites is 2. The standard InChI is InChI=1S/C25H16BNO/c1-15-12-13-20-17(14-15)16-6-4-8-19-25(16)27(20)21-9-5-11-23-24(21)26(19)18-7-2-3-10-22(18)28-23/h2-14H,1H3. The van der Waals surface area contributed by atoms with Gasteiger partial charge in [0, 0.05) is 22.0 Å². The third kappa shape index (κ3) is 1.61. The Morgan fingerprint density at radius 3 is 2.54 bits per heavy atom. The van der Waals surface area contributed by atoms with E-state index in [1.54, 1.807) is 0 Å². The monoisotopic (exact) mass is 357 g/mol. The van der Waals surface area contributed by atoms with E-state index in [-0.39, 0.29) is 6.71 Å². The van der Waals surface area contributed by atoms with Crippen LogP contribution >= 0.6 is 0 Å². The lowest BCUT2D eigenvalue weighted by Crippen LogP contribution is -2.58. The molecule has 0 bridgehead atoms. The minimum absolute atomic E-state index is 0.206. The topological polar surface area (TPSA) is 14.2 Å². The van der Waals surface area contributed by atoms with Crippen LogP contribution in [0.4, 0.5) is 0 Å². The maximum absolute atomic E-state index is 6.33. The van der Waals surface area contributed by atoms with Crippen molar-refractivity contribution in [3.8, 4) is 17.2 Å². The molecule has 0 radical (unpaired) electrons. The van der Waals surface area contributed by atoms with Gasteiger partial charge < -0.3 is 9.30 Å². The number of nitrogens with zero attached hydrogens (tertiary/aromatic N) is 1. The number of rotatable bonds is 0. The van der Waals surface area contributed by atoms with Crippen LogP contribution in [0.1, 0.15) is 5.56 Å². The van der Waals surface area contributed by atoms with Crippen LogP contribution in [0.25, 0.3) is 27.5 Å². The lowest BCUT2D eigenvalue weighted by Gasteiger charge is -2.33. The molecule has 4 aromatic carbocycles. The fraction of sp³-hybridized carbons (Fsp3) is 0.0400. The summed E-state index contributed by atoms with van der Waals surface area (Å²) in [4.78, 5) is 0. The van der Waals surface area contributed by atoms with Crippen molar-refractivity contribution in [2.75, 3.05) is 0 Å². The molecule has 0 saturated carbocycles. The fourth-order valence-electron chi connectivity index (χ4n) is 5.21. The summed E-state index contributed by atoms with van der Waals surface area (Å²) in [5.41, 5.74) is 9.01. The highest BCUT2D eigenvalue weighted by atomic mass is 16.5. The van der Waals surface area contributed by atoms with Gasteiger partial charge in [0.05, 0.1) is 5.52 Å². The van der Waals surface area contributed by atoms with Gasteiger partial charge in [0.2, 0.25) is 0 Å². The van der Waals surface area contributed by atoms with E-state index in [9.17, 15) is 0 Å². The fourth-order valence-corrected chi connectivity index (χ4v) is 5.21. The van der Waals surface area contributed by atoms with E-state index in [1.165, 1.54) is 49.4 Å². The Morgan fingerprint density at radius 2 is 1.57 bits per heavy atom. The molecule has 3 heterocycles. The van der Waals surface area contributed by atoms with Gasteiger partial charge in [-0.25, -0.2) is 0 Å². The second-order valence-corrected chi connectivity index (χ2v) is 7.86. The molecular weight excluding hydrogens is 341 g/mol. The van der Waals surface area contributed by atoms with Crippen molar-refractivity contribution >= 4 is 44.9 Å². The molecule has 0 unspecified atom stereocenters. The number of hydrogen-bond donors (Lipinski definition) is 0. The van der Waals surface area contributed by atoms with Crippen molar-refractivity contribution in [1.82, 2.24) is 4.57 Å². The number of aryl methyl sites for hydroxylation is 1. The summed E-state index contributed by atoms with van der Waals surface area (Å²) in [6, 6.07) is 28.4. The summed E-state index contributed by atoms with van der Waals surface area (Å²) in [7, 11) is 0. The van der Waals surface area contributed by atoms with Gasteiger partial charge >= 0.3 is 0 Å². The highest BCUT2D eigenvalue weighted by Crippen LogP contribution is 2.37. The van der Waals surface area contributed by atoms with Gasteiger partial charge in [-0.05, 0) is 53.6 Å². The molecule has 0 spiro atoms. The SMILES string of the molecule is Cc1ccc2c(c1)c1cccc3c1n2-c1cccc2c1B3c1ccccc1O2. The van der Waals surface area contributed by atoms with Gasteiger partial charge in [0.1, 0.15) is 11.5 Å². The third-order valence-corrected chi connectivity index (χ3v) is 6.31. The Morgan fingerprint density at radius 1 is 0.750 bits per heavy atom. The first-order valence-electron chi connectivity index (χ1n) is 9.75. The highest BCUT2D eigenvalue weighted by Gasteiger charge is 2.39. The summed E-state index contributed by atoms with van der Waals surface area (Å²) in [6.07, 6.45) is 0. The molecule has 0 amide bonds. The van der Waals surface area contributed by atoms with Crippen molar-refractivity contribution in [1.29, 1.82) is 0 Å². The molecule has 7 rings (SSSR count). The van der Waals surface area contributed by atoms with Crippen molar-refractivity contribution in [3.63, 3.8) is 0 Å². The van der Waals surface area contributed by atoms with Gasteiger partial charge in [0.15, 0.2) is 0 Å². The molecule has 130 valence electrons. The molecule has 0 fully saturated rings. The zero-order valence-corrected chi connectivity index (χ0v) is 15.4. The zero-order chi connectivity index (χ0) is 18.4. The second kappa shape index (κ2) is 4.88. The van der Waals surface area contributed by atoms with Gasteiger partial charge in [-0.15, -0.1) is 0 Å². The predicted octanol–water partition coefficient (Wildman–Crippen LogP) is 4.03. The summed E-state index contributed by atoms with van der Waals surface area (Å²) >= 11 is 0. The van der Waals surface area contributed by atoms with E-state index in [0.717, 1.165) is 11.5 Å². The number of fused-ring (bicyclic) bond motifs is 7. The Balaban J connectivity index is 1.74. The first kappa shape index (κ1) is 14.6. The van der Waals surface area contributed by atoms with Crippen LogP contribution in [0.15, 0.2) is 78.9 Å². The minimum atomic E-state index is 0.206. The van der Waals surface area contributed by atoms with E-state index in [1.807, 2.05) is 0 Å². The highest BCUT2D eigenvalue weighted by molar-refractivity contribution is 6.99. The van der Waals surface area contributed by atoms with Crippen molar-refractivity contribution < 1.29 is 4.74 Å². The quantitative estimate of drug-likeness (QED) is 0.374. The molecule has 0 saturated heterocycles. The largest absolute Gasteiger partial charge is 0.458 e. The third-order valence-electron chi connectivity index (χ3n) is 6.31. The van der Waals surface area contributed by atoms with E-state index >= 15 is 0 Å². The molecule has 0 atom stereocenters. The molecule has 1 aromatic heterocycles. The van der Waals surface area contributed by atoms with Crippen LogP contribution in [0.5, 0.6) is 11.5 Å². The minimum Gasteiger partial charge on any atom is -0.458 e. The smallest absolute Gasteiger partial charge is 0.256 e. The predicted molar refractivity (Wildman–Crippen MR) is 117 cm³/mol. The average Bonchev–Trinajstić information content (AvgIpc) is 3.05. The van der Waals surface area contributed by atoms with E-state index < -0.39 is 0 Å². The molecule has 2 nitrogen and oxygen atoms in total. The molecule has 2 aliphatic rings. The van der Waals surface area contributed by atoms with Crippen LogP contribution in [0, 0.1) is 6.92 Å². The average molecular weight is 357 g/mol. The van der Waals surface area contributed by atoms with Gasteiger partial charge in [-0.3, -0.25) is 0 Å². The number of ether oxygens (including phenoxy) is 1. The number of benzene rings is 4. The lowest BCUT2D eigenvalue weighted by atomic mass is 9.34. The summed E-state index contributed by atoms with van der Waals surface area (Å²) in [5.74, 6) is 1.94. The molecular formula is C25H16BNO. The molecule has 0 N–H and O–H groups in total. The zero-order valence-electron chi connectivity index (χ0n) is 15.4. The number of hydrogen-bond acceptors (Lipinski definition) is 1. The summed E-state index contributed by atoms with van der Waals surface area (Å²) < 4.78 is 8.77. The molecule has 0 aliphatic carbocycles. The Kier molecular flexibility index (Phi) is 2.54. The molecule has 2 aliphatic heterocycles. The maximum Gasteiger partial charge on any atom is 0.256 e. The molecule has 3 heteroatoms. The Bertz CT molecular complexity index is 1460. The lowest BCUT2D eigenvalue weighted by molar-refractivity contribution is 0.487. The van der Waals surface area contributed by atoms with E-state index in [2.05, 4.69) is 90.4 Å². The van der Waals surface area contributed by atoms with Crippen LogP contribution < -0.4 is 21.1 Å². The second-order valence-electron chi connectivity index (χ2n) is 7.86. The molecule has 28 heavy (non-hydrogen) atoms. The van der Waals surface area contributed by atoms with Gasteiger partial charge in [0.25, 0.3) is 6.71 Å². The van der Waals surface area contributed by atoms with Crippen LogP contribution in [-0.4, -0.2) is 11.3 Å². The van der Waals surface area contributed by atoms with Crippen molar-refractivity contribution in [3.05, 3.63) is 84.4 Å². The van der Waals surface area contributed by atoms with Crippen LogP contribution in [-0.2, 0) is 0 Å². The van der Waals surface area contributed by atoms with Gasteiger partial charge in [-0.2, -0.15) is 0 Å². The van der Waals surface area contributed by atoms with E-state index in [0.29, 0.717) is 0 Å². The first-order chi connectivity index (χ1) is 13.8. The van der Waals surface area contributed by atoms with Crippen LogP contribution in [0.2, 0.25) is 0 Å². The Labute approximate surface area is 163 Å². The van der Waals surface area contributed by atoms with Crippen LogP contribution in [0.3, 0.4) is 0 Å². The normalized spacial score (nSPS) is 13.4. The Hall–Kier alpha value is -3.46. The summed E-state index contributed by atoms with van der Waals surface area (Å²) in [5, 5.41) is 2.65. The van der Waals surface area contributed by atoms with E-state index in [4.69, 9.17) is 4.74 Å². The van der Waals surface area contributed by atoms with Crippen molar-refractivity contribution in [2.45, 2.75) is 6.92 Å².